The molecule has 1 N–H and O–H groups in total. The van der Waals surface area contributed by atoms with Crippen molar-refractivity contribution >= 4 is 0 Å². The zero-order valence-electron chi connectivity index (χ0n) is 8.94. The van der Waals surface area contributed by atoms with E-state index in [4.69, 9.17) is 14.2 Å². The van der Waals surface area contributed by atoms with Crippen LogP contribution >= 0.6 is 0 Å². The van der Waals surface area contributed by atoms with E-state index in [1.807, 2.05) is 6.92 Å². The fourth-order valence-electron chi connectivity index (χ4n) is 1.57. The molecule has 4 nitrogen and oxygen atoms in total. The van der Waals surface area contributed by atoms with Gasteiger partial charge in [-0.2, -0.15) is 0 Å². The number of ether oxygens (including phenoxy) is 3. The highest BCUT2D eigenvalue weighted by molar-refractivity contribution is 4.91. The fourth-order valence-corrected chi connectivity index (χ4v) is 1.57. The highest BCUT2D eigenvalue weighted by Gasteiger charge is 2.41. The molecule has 0 saturated heterocycles. The molecule has 14 heavy (non-hydrogen) atoms. The molecule has 0 aromatic rings. The van der Waals surface area contributed by atoms with Crippen LogP contribution in [0.1, 0.15) is 19.8 Å². The van der Waals surface area contributed by atoms with Crippen LogP contribution in [-0.2, 0) is 14.2 Å². The SMILES string of the molecule is CCOC1C(O)CC1OCCCOC. The Hall–Kier alpha value is -0.160. The molecule has 1 aliphatic rings. The normalized spacial score (nSPS) is 31.5. The lowest BCUT2D eigenvalue weighted by Crippen LogP contribution is -2.53. The first kappa shape index (κ1) is 11.9. The summed E-state index contributed by atoms with van der Waals surface area (Å²) >= 11 is 0. The van der Waals surface area contributed by atoms with Gasteiger partial charge in [0.2, 0.25) is 0 Å². The van der Waals surface area contributed by atoms with Crippen molar-refractivity contribution in [3.63, 3.8) is 0 Å². The van der Waals surface area contributed by atoms with E-state index in [1.54, 1.807) is 7.11 Å². The molecule has 0 amide bonds. The van der Waals surface area contributed by atoms with Crippen LogP contribution < -0.4 is 0 Å². The standard InChI is InChI=1S/C10H20O4/c1-3-13-10-8(11)7-9(10)14-6-4-5-12-2/h8-11H,3-7H2,1-2H3. The summed E-state index contributed by atoms with van der Waals surface area (Å²) in [4.78, 5) is 0. The van der Waals surface area contributed by atoms with Gasteiger partial charge in [-0.1, -0.05) is 0 Å². The molecular weight excluding hydrogens is 184 g/mol. The van der Waals surface area contributed by atoms with Gasteiger partial charge in [-0.05, 0) is 13.3 Å². The molecule has 3 atom stereocenters. The number of aliphatic hydroxyl groups excluding tert-OH is 1. The van der Waals surface area contributed by atoms with Crippen molar-refractivity contribution in [3.8, 4) is 0 Å². The average Bonchev–Trinajstić information content (AvgIpc) is 2.19. The van der Waals surface area contributed by atoms with E-state index >= 15 is 0 Å². The monoisotopic (exact) mass is 204 g/mol. The minimum Gasteiger partial charge on any atom is -0.390 e. The van der Waals surface area contributed by atoms with E-state index in [-0.39, 0.29) is 18.3 Å². The second kappa shape index (κ2) is 6.35. The van der Waals surface area contributed by atoms with E-state index in [0.717, 1.165) is 6.42 Å². The molecule has 1 rings (SSSR count). The minimum atomic E-state index is -0.345. The number of aliphatic hydroxyl groups is 1. The summed E-state index contributed by atoms with van der Waals surface area (Å²) in [6, 6.07) is 0. The van der Waals surface area contributed by atoms with E-state index in [1.165, 1.54) is 0 Å². The Labute approximate surface area is 85.2 Å². The van der Waals surface area contributed by atoms with E-state index in [2.05, 4.69) is 0 Å². The number of methoxy groups -OCH3 is 1. The van der Waals surface area contributed by atoms with Gasteiger partial charge in [-0.3, -0.25) is 0 Å². The smallest absolute Gasteiger partial charge is 0.110 e. The third-order valence-electron chi connectivity index (χ3n) is 2.40. The van der Waals surface area contributed by atoms with Crippen molar-refractivity contribution in [1.29, 1.82) is 0 Å². The van der Waals surface area contributed by atoms with E-state index < -0.39 is 0 Å². The molecule has 0 aliphatic heterocycles. The molecule has 0 bridgehead atoms. The largest absolute Gasteiger partial charge is 0.390 e. The van der Waals surface area contributed by atoms with Gasteiger partial charge < -0.3 is 19.3 Å². The van der Waals surface area contributed by atoms with Crippen LogP contribution in [0, 0.1) is 0 Å². The van der Waals surface area contributed by atoms with Gasteiger partial charge in [-0.15, -0.1) is 0 Å². The van der Waals surface area contributed by atoms with Gasteiger partial charge in [0.1, 0.15) is 6.10 Å². The van der Waals surface area contributed by atoms with Crippen LogP contribution in [0.5, 0.6) is 0 Å². The third kappa shape index (κ3) is 3.20. The van der Waals surface area contributed by atoms with Crippen LogP contribution in [0.2, 0.25) is 0 Å². The van der Waals surface area contributed by atoms with Gasteiger partial charge in [0.05, 0.1) is 12.2 Å². The second-order valence-corrected chi connectivity index (χ2v) is 3.48. The predicted octanol–water partition coefficient (Wildman–Crippen LogP) is 0.578. The Bertz CT molecular complexity index is 151. The topological polar surface area (TPSA) is 47.9 Å². The van der Waals surface area contributed by atoms with Crippen LogP contribution in [0.25, 0.3) is 0 Å². The van der Waals surface area contributed by atoms with Crippen molar-refractivity contribution in [2.45, 2.75) is 38.1 Å². The van der Waals surface area contributed by atoms with Crippen LogP contribution in [0.15, 0.2) is 0 Å². The lowest BCUT2D eigenvalue weighted by Gasteiger charge is -2.40. The molecule has 0 aromatic heterocycles. The maximum atomic E-state index is 9.38. The molecule has 1 aliphatic carbocycles. The van der Waals surface area contributed by atoms with E-state index in [9.17, 15) is 5.11 Å². The number of hydrogen-bond acceptors (Lipinski definition) is 4. The zero-order valence-corrected chi connectivity index (χ0v) is 8.94. The Morgan fingerprint density at radius 3 is 2.64 bits per heavy atom. The Morgan fingerprint density at radius 2 is 2.07 bits per heavy atom. The molecule has 1 fully saturated rings. The summed E-state index contributed by atoms with van der Waals surface area (Å²) < 4.78 is 15.8. The van der Waals surface area contributed by atoms with Gasteiger partial charge in [0, 0.05) is 33.4 Å². The van der Waals surface area contributed by atoms with Crippen molar-refractivity contribution in [1.82, 2.24) is 0 Å². The summed E-state index contributed by atoms with van der Waals surface area (Å²) in [6.45, 7) is 3.94. The molecular formula is C10H20O4. The second-order valence-electron chi connectivity index (χ2n) is 3.48. The molecule has 0 heterocycles. The summed E-state index contributed by atoms with van der Waals surface area (Å²) in [5.74, 6) is 0. The first-order valence-electron chi connectivity index (χ1n) is 5.19. The number of hydrogen-bond donors (Lipinski definition) is 1. The maximum absolute atomic E-state index is 9.38. The quantitative estimate of drug-likeness (QED) is 0.616. The van der Waals surface area contributed by atoms with E-state index in [0.29, 0.717) is 26.2 Å². The van der Waals surface area contributed by atoms with Crippen molar-refractivity contribution < 1.29 is 19.3 Å². The summed E-state index contributed by atoms with van der Waals surface area (Å²) in [6.07, 6.45) is 1.19. The predicted molar refractivity (Wildman–Crippen MR) is 52.3 cm³/mol. The molecule has 3 unspecified atom stereocenters. The molecule has 84 valence electrons. The number of rotatable bonds is 7. The summed E-state index contributed by atoms with van der Waals surface area (Å²) in [7, 11) is 1.68. The van der Waals surface area contributed by atoms with Crippen molar-refractivity contribution in [2.75, 3.05) is 26.9 Å². The Kier molecular flexibility index (Phi) is 5.40. The Morgan fingerprint density at radius 1 is 1.29 bits per heavy atom. The third-order valence-corrected chi connectivity index (χ3v) is 2.40. The lowest BCUT2D eigenvalue weighted by atomic mass is 9.88. The summed E-state index contributed by atoms with van der Waals surface area (Å²) in [5.41, 5.74) is 0. The first-order valence-corrected chi connectivity index (χ1v) is 5.19. The summed E-state index contributed by atoms with van der Waals surface area (Å²) in [5, 5.41) is 9.38. The Balaban J connectivity index is 2.06. The highest BCUT2D eigenvalue weighted by atomic mass is 16.6. The molecule has 0 spiro atoms. The van der Waals surface area contributed by atoms with Crippen LogP contribution in [0.4, 0.5) is 0 Å². The van der Waals surface area contributed by atoms with Gasteiger partial charge >= 0.3 is 0 Å². The zero-order chi connectivity index (χ0) is 10.4. The highest BCUT2D eigenvalue weighted by Crippen LogP contribution is 2.27. The van der Waals surface area contributed by atoms with Crippen LogP contribution in [-0.4, -0.2) is 50.3 Å². The molecule has 0 radical (unpaired) electrons. The van der Waals surface area contributed by atoms with Gasteiger partial charge in [0.15, 0.2) is 0 Å². The average molecular weight is 204 g/mol. The van der Waals surface area contributed by atoms with Gasteiger partial charge in [0.25, 0.3) is 0 Å². The molecule has 1 saturated carbocycles. The van der Waals surface area contributed by atoms with Gasteiger partial charge in [-0.25, -0.2) is 0 Å². The fraction of sp³-hybridized carbons (Fsp3) is 1.00. The minimum absolute atomic E-state index is 0.0711. The molecule has 4 heteroatoms. The van der Waals surface area contributed by atoms with Crippen molar-refractivity contribution in [3.05, 3.63) is 0 Å². The van der Waals surface area contributed by atoms with Crippen molar-refractivity contribution in [2.24, 2.45) is 0 Å². The molecule has 0 aromatic carbocycles. The lowest BCUT2D eigenvalue weighted by molar-refractivity contribution is -0.191. The van der Waals surface area contributed by atoms with Crippen LogP contribution in [0.3, 0.4) is 0 Å². The first-order chi connectivity index (χ1) is 6.79. The maximum Gasteiger partial charge on any atom is 0.110 e.